The second-order valence-electron chi connectivity index (χ2n) is 4.72. The Kier molecular flexibility index (Phi) is 3.62. The van der Waals surface area contributed by atoms with E-state index in [1.54, 1.807) is 24.3 Å². The van der Waals surface area contributed by atoms with Crippen LogP contribution in [0, 0.1) is 0 Å². The van der Waals surface area contributed by atoms with Gasteiger partial charge in [-0.05, 0) is 43.3 Å². The first kappa shape index (κ1) is 13.6. The van der Waals surface area contributed by atoms with Gasteiger partial charge in [-0.25, -0.2) is 4.98 Å². The number of benzene rings is 2. The molecule has 106 valence electrons. The monoisotopic (exact) mass is 300 g/mol. The lowest BCUT2D eigenvalue weighted by atomic mass is 10.2. The molecule has 4 nitrogen and oxygen atoms in total. The predicted octanol–water partition coefficient (Wildman–Crippen LogP) is 3.97. The lowest BCUT2D eigenvalue weighted by Gasteiger charge is -2.10. The largest absolute Gasteiger partial charge is 0.438 e. The third kappa shape index (κ3) is 2.90. The predicted molar refractivity (Wildman–Crippen MR) is 81.3 cm³/mol. The Bertz CT molecular complexity index is 747. The van der Waals surface area contributed by atoms with Crippen molar-refractivity contribution in [2.75, 3.05) is 0 Å². The zero-order valence-corrected chi connectivity index (χ0v) is 12.1. The van der Waals surface area contributed by atoms with Crippen molar-refractivity contribution in [2.45, 2.75) is 13.0 Å². The van der Waals surface area contributed by atoms with E-state index < -0.39 is 0 Å². The quantitative estimate of drug-likeness (QED) is 0.796. The van der Waals surface area contributed by atoms with Gasteiger partial charge in [0.05, 0.1) is 0 Å². The molecule has 0 saturated heterocycles. The Balaban J connectivity index is 1.77. The SMILES string of the molecule is CC(NC(=O)c1ccc(Cl)cc1)c1nc2ccccc2o1. The third-order valence-electron chi connectivity index (χ3n) is 3.13. The summed E-state index contributed by atoms with van der Waals surface area (Å²) in [4.78, 5) is 16.5. The standard InChI is InChI=1S/C16H13ClN2O2/c1-10(16-19-13-4-2-3-5-14(13)21-16)18-15(20)11-6-8-12(17)9-7-11/h2-10H,1H3,(H,18,20). The Morgan fingerprint density at radius 1 is 1.19 bits per heavy atom. The summed E-state index contributed by atoms with van der Waals surface area (Å²) >= 11 is 5.81. The summed E-state index contributed by atoms with van der Waals surface area (Å²) in [6.07, 6.45) is 0. The van der Waals surface area contributed by atoms with E-state index in [2.05, 4.69) is 10.3 Å². The second-order valence-corrected chi connectivity index (χ2v) is 5.16. The van der Waals surface area contributed by atoms with Gasteiger partial charge in [-0.2, -0.15) is 0 Å². The van der Waals surface area contributed by atoms with Gasteiger partial charge in [-0.15, -0.1) is 0 Å². The molecule has 0 radical (unpaired) electrons. The van der Waals surface area contributed by atoms with Crippen molar-refractivity contribution in [3.8, 4) is 0 Å². The van der Waals surface area contributed by atoms with E-state index in [0.717, 1.165) is 5.52 Å². The normalized spacial score (nSPS) is 12.3. The van der Waals surface area contributed by atoms with Crippen LogP contribution >= 0.6 is 11.6 Å². The van der Waals surface area contributed by atoms with Crippen LogP contribution in [0.4, 0.5) is 0 Å². The summed E-state index contributed by atoms with van der Waals surface area (Å²) in [5.74, 6) is 0.292. The minimum atomic E-state index is -0.319. The fraction of sp³-hybridized carbons (Fsp3) is 0.125. The molecule has 0 bridgehead atoms. The molecule has 21 heavy (non-hydrogen) atoms. The fourth-order valence-corrected chi connectivity index (χ4v) is 2.14. The van der Waals surface area contributed by atoms with Crippen molar-refractivity contribution in [1.82, 2.24) is 10.3 Å². The Morgan fingerprint density at radius 2 is 1.90 bits per heavy atom. The molecule has 1 N–H and O–H groups in total. The van der Waals surface area contributed by atoms with Gasteiger partial charge in [0.2, 0.25) is 5.89 Å². The number of fused-ring (bicyclic) bond motifs is 1. The Labute approximate surface area is 126 Å². The van der Waals surface area contributed by atoms with E-state index in [-0.39, 0.29) is 11.9 Å². The fourth-order valence-electron chi connectivity index (χ4n) is 2.02. The number of hydrogen-bond acceptors (Lipinski definition) is 3. The summed E-state index contributed by atoms with van der Waals surface area (Å²) < 4.78 is 5.64. The Hall–Kier alpha value is -2.33. The highest BCUT2D eigenvalue weighted by molar-refractivity contribution is 6.30. The van der Waals surface area contributed by atoms with Crippen molar-refractivity contribution in [1.29, 1.82) is 0 Å². The average Bonchev–Trinajstić information content (AvgIpc) is 2.92. The van der Waals surface area contributed by atoms with Crippen LogP contribution in [0.5, 0.6) is 0 Å². The molecular weight excluding hydrogens is 288 g/mol. The van der Waals surface area contributed by atoms with Gasteiger partial charge < -0.3 is 9.73 Å². The van der Waals surface area contributed by atoms with E-state index in [1.165, 1.54) is 0 Å². The van der Waals surface area contributed by atoms with Crippen molar-refractivity contribution in [2.24, 2.45) is 0 Å². The number of para-hydroxylation sites is 2. The van der Waals surface area contributed by atoms with Crippen molar-refractivity contribution in [3.05, 3.63) is 65.0 Å². The van der Waals surface area contributed by atoms with Crippen LogP contribution in [0.25, 0.3) is 11.1 Å². The number of carbonyl (C=O) groups is 1. The van der Waals surface area contributed by atoms with Gasteiger partial charge in [-0.1, -0.05) is 23.7 Å². The molecule has 0 fully saturated rings. The molecule has 3 aromatic rings. The molecule has 3 rings (SSSR count). The molecule has 0 aliphatic rings. The maximum Gasteiger partial charge on any atom is 0.251 e. The van der Waals surface area contributed by atoms with Crippen LogP contribution in [0.1, 0.15) is 29.2 Å². The molecular formula is C16H13ClN2O2. The third-order valence-corrected chi connectivity index (χ3v) is 3.39. The lowest BCUT2D eigenvalue weighted by Crippen LogP contribution is -2.26. The summed E-state index contributed by atoms with van der Waals surface area (Å²) in [6.45, 7) is 1.83. The van der Waals surface area contributed by atoms with E-state index in [9.17, 15) is 4.79 Å². The molecule has 1 heterocycles. The average molecular weight is 301 g/mol. The number of amides is 1. The molecule has 0 saturated carbocycles. The summed E-state index contributed by atoms with van der Waals surface area (Å²) in [5, 5.41) is 3.45. The zero-order valence-electron chi connectivity index (χ0n) is 11.3. The number of carbonyl (C=O) groups excluding carboxylic acids is 1. The molecule has 1 amide bonds. The van der Waals surface area contributed by atoms with Gasteiger partial charge in [0.25, 0.3) is 5.91 Å². The Morgan fingerprint density at radius 3 is 2.62 bits per heavy atom. The van der Waals surface area contributed by atoms with Crippen molar-refractivity contribution >= 4 is 28.6 Å². The van der Waals surface area contributed by atoms with E-state index in [0.29, 0.717) is 22.1 Å². The number of rotatable bonds is 3. The minimum absolute atomic E-state index is 0.193. The number of hydrogen-bond donors (Lipinski definition) is 1. The maximum absolute atomic E-state index is 12.1. The molecule has 1 unspecified atom stereocenters. The van der Waals surface area contributed by atoms with Crippen LogP contribution in [0.15, 0.2) is 52.9 Å². The molecule has 1 aromatic heterocycles. The molecule has 1 atom stereocenters. The molecule has 0 spiro atoms. The highest BCUT2D eigenvalue weighted by atomic mass is 35.5. The maximum atomic E-state index is 12.1. The summed E-state index contributed by atoms with van der Waals surface area (Å²) in [5.41, 5.74) is 2.03. The van der Waals surface area contributed by atoms with E-state index in [4.69, 9.17) is 16.0 Å². The number of nitrogens with zero attached hydrogens (tertiary/aromatic N) is 1. The number of aromatic nitrogens is 1. The van der Waals surface area contributed by atoms with Gasteiger partial charge in [0, 0.05) is 10.6 Å². The van der Waals surface area contributed by atoms with Crippen LogP contribution < -0.4 is 5.32 Å². The number of nitrogens with one attached hydrogen (secondary N) is 1. The van der Waals surface area contributed by atoms with Crippen LogP contribution in [-0.4, -0.2) is 10.9 Å². The second kappa shape index (κ2) is 5.58. The topological polar surface area (TPSA) is 55.1 Å². The van der Waals surface area contributed by atoms with Gasteiger partial charge in [0.1, 0.15) is 11.6 Å². The molecule has 0 aliphatic heterocycles. The van der Waals surface area contributed by atoms with Crippen molar-refractivity contribution < 1.29 is 9.21 Å². The highest BCUT2D eigenvalue weighted by Gasteiger charge is 2.16. The number of halogens is 1. The summed E-state index contributed by atoms with van der Waals surface area (Å²) in [6, 6.07) is 13.9. The van der Waals surface area contributed by atoms with E-state index in [1.807, 2.05) is 31.2 Å². The van der Waals surface area contributed by atoms with Gasteiger partial charge >= 0.3 is 0 Å². The zero-order chi connectivity index (χ0) is 14.8. The van der Waals surface area contributed by atoms with E-state index >= 15 is 0 Å². The van der Waals surface area contributed by atoms with Crippen LogP contribution in [-0.2, 0) is 0 Å². The van der Waals surface area contributed by atoms with Crippen molar-refractivity contribution in [3.63, 3.8) is 0 Å². The van der Waals surface area contributed by atoms with Gasteiger partial charge in [0.15, 0.2) is 5.58 Å². The molecule has 2 aromatic carbocycles. The van der Waals surface area contributed by atoms with Crippen LogP contribution in [0.3, 0.4) is 0 Å². The highest BCUT2D eigenvalue weighted by Crippen LogP contribution is 2.20. The molecule has 0 aliphatic carbocycles. The lowest BCUT2D eigenvalue weighted by molar-refractivity contribution is 0.0934. The summed E-state index contributed by atoms with van der Waals surface area (Å²) in [7, 11) is 0. The molecule has 5 heteroatoms. The smallest absolute Gasteiger partial charge is 0.251 e. The number of oxazole rings is 1. The van der Waals surface area contributed by atoms with Crippen LogP contribution in [0.2, 0.25) is 5.02 Å². The first-order chi connectivity index (χ1) is 10.1. The first-order valence-electron chi connectivity index (χ1n) is 6.55. The minimum Gasteiger partial charge on any atom is -0.438 e. The first-order valence-corrected chi connectivity index (χ1v) is 6.93. The van der Waals surface area contributed by atoms with Gasteiger partial charge in [-0.3, -0.25) is 4.79 Å².